The van der Waals surface area contributed by atoms with Crippen LogP contribution in [0.3, 0.4) is 0 Å². The van der Waals surface area contributed by atoms with E-state index in [0.717, 1.165) is 5.69 Å². The Hall–Kier alpha value is -2.29. The molecule has 0 saturated heterocycles. The van der Waals surface area contributed by atoms with Crippen molar-refractivity contribution < 1.29 is 9.21 Å². The first-order valence-electron chi connectivity index (χ1n) is 5.00. The Balaban J connectivity index is 2.02. The van der Waals surface area contributed by atoms with Gasteiger partial charge in [-0.1, -0.05) is 12.1 Å². The molecular formula is C13H9NO2. The lowest BCUT2D eigenvalue weighted by Gasteiger charge is -1.95. The van der Waals surface area contributed by atoms with E-state index in [0.29, 0.717) is 17.0 Å². The average molecular weight is 211 g/mol. The summed E-state index contributed by atoms with van der Waals surface area (Å²) in [5.41, 5.74) is 2.11. The van der Waals surface area contributed by atoms with Crippen molar-refractivity contribution in [1.82, 2.24) is 0 Å². The molecule has 2 aromatic rings. The molecule has 1 aromatic heterocycles. The maximum atomic E-state index is 12.0. The molecule has 2 heterocycles. The summed E-state index contributed by atoms with van der Waals surface area (Å²) in [6.45, 7) is 0. The zero-order chi connectivity index (χ0) is 11.0. The Kier molecular flexibility index (Phi) is 1.90. The highest BCUT2D eigenvalue weighted by Gasteiger charge is 2.23. The summed E-state index contributed by atoms with van der Waals surface area (Å²) < 4.78 is 5.17. The molecule has 3 rings (SSSR count). The highest BCUT2D eigenvalue weighted by atomic mass is 16.3. The number of nitrogens with one attached hydrogen (secondary N) is 1. The van der Waals surface area contributed by atoms with Crippen molar-refractivity contribution in [3.05, 3.63) is 59.7 Å². The average Bonchev–Trinajstić information content (AvgIpc) is 2.90. The highest BCUT2D eigenvalue weighted by molar-refractivity contribution is 6.20. The van der Waals surface area contributed by atoms with Gasteiger partial charge in [0.15, 0.2) is 0 Å². The SMILES string of the molecule is O=C1/C(=C/c2ccco2)Nc2ccccc21. The van der Waals surface area contributed by atoms with Crippen LogP contribution in [0.15, 0.2) is 52.8 Å². The van der Waals surface area contributed by atoms with Gasteiger partial charge in [0.25, 0.3) is 0 Å². The van der Waals surface area contributed by atoms with Crippen LogP contribution >= 0.6 is 0 Å². The smallest absolute Gasteiger partial charge is 0.211 e. The monoisotopic (exact) mass is 211 g/mol. The molecule has 0 amide bonds. The Morgan fingerprint density at radius 3 is 2.75 bits per heavy atom. The summed E-state index contributed by atoms with van der Waals surface area (Å²) in [5.74, 6) is 0.677. The van der Waals surface area contributed by atoms with Gasteiger partial charge in [0, 0.05) is 17.3 Å². The van der Waals surface area contributed by atoms with Gasteiger partial charge in [-0.25, -0.2) is 0 Å². The van der Waals surface area contributed by atoms with Gasteiger partial charge in [-0.15, -0.1) is 0 Å². The molecular weight excluding hydrogens is 202 g/mol. The van der Waals surface area contributed by atoms with Crippen molar-refractivity contribution >= 4 is 17.5 Å². The molecule has 78 valence electrons. The number of carbonyl (C=O) groups is 1. The third-order valence-electron chi connectivity index (χ3n) is 2.52. The normalized spacial score (nSPS) is 16.2. The van der Waals surface area contributed by atoms with Gasteiger partial charge >= 0.3 is 0 Å². The number of carbonyl (C=O) groups excluding carboxylic acids is 1. The molecule has 1 aromatic carbocycles. The molecule has 0 atom stereocenters. The molecule has 1 aliphatic heterocycles. The third kappa shape index (κ3) is 1.34. The molecule has 3 heteroatoms. The summed E-state index contributed by atoms with van der Waals surface area (Å²) >= 11 is 0. The van der Waals surface area contributed by atoms with Crippen LogP contribution in [0.1, 0.15) is 16.1 Å². The van der Waals surface area contributed by atoms with E-state index < -0.39 is 0 Å². The quantitative estimate of drug-likeness (QED) is 0.737. The number of rotatable bonds is 1. The van der Waals surface area contributed by atoms with Crippen LogP contribution in [0.5, 0.6) is 0 Å². The van der Waals surface area contributed by atoms with E-state index >= 15 is 0 Å². The van der Waals surface area contributed by atoms with Crippen LogP contribution < -0.4 is 5.32 Å². The standard InChI is InChI=1S/C13H9NO2/c15-13-10-5-1-2-6-11(10)14-12(13)8-9-4-3-7-16-9/h1-8,14H/b12-8-. The zero-order valence-electron chi connectivity index (χ0n) is 8.44. The van der Waals surface area contributed by atoms with E-state index in [9.17, 15) is 4.79 Å². The van der Waals surface area contributed by atoms with Crippen LogP contribution in [0, 0.1) is 0 Å². The third-order valence-corrected chi connectivity index (χ3v) is 2.52. The number of benzene rings is 1. The molecule has 16 heavy (non-hydrogen) atoms. The first-order chi connectivity index (χ1) is 7.84. The molecule has 0 aliphatic carbocycles. The molecule has 0 fully saturated rings. The summed E-state index contributed by atoms with van der Waals surface area (Å²) in [4.78, 5) is 12.0. The minimum Gasteiger partial charge on any atom is -0.465 e. The Morgan fingerprint density at radius 2 is 2.00 bits per heavy atom. The van der Waals surface area contributed by atoms with Crippen molar-refractivity contribution in [3.8, 4) is 0 Å². The minimum absolute atomic E-state index is 0.00648. The summed E-state index contributed by atoms with van der Waals surface area (Å²) in [6, 6.07) is 11.1. The molecule has 3 nitrogen and oxygen atoms in total. The van der Waals surface area contributed by atoms with E-state index in [1.807, 2.05) is 30.3 Å². The van der Waals surface area contributed by atoms with E-state index in [4.69, 9.17) is 4.42 Å². The van der Waals surface area contributed by atoms with Gasteiger partial charge in [-0.05, 0) is 24.3 Å². The van der Waals surface area contributed by atoms with Gasteiger partial charge in [-0.3, -0.25) is 4.79 Å². The molecule has 0 saturated carbocycles. The Labute approximate surface area is 92.4 Å². The van der Waals surface area contributed by atoms with Crippen molar-refractivity contribution in [2.45, 2.75) is 0 Å². The predicted octanol–water partition coefficient (Wildman–Crippen LogP) is 2.93. The zero-order valence-corrected chi connectivity index (χ0v) is 8.44. The number of ketones is 1. The van der Waals surface area contributed by atoms with E-state index in [-0.39, 0.29) is 5.78 Å². The Bertz CT molecular complexity index is 567. The number of para-hydroxylation sites is 1. The lowest BCUT2D eigenvalue weighted by atomic mass is 10.1. The van der Waals surface area contributed by atoms with Crippen LogP contribution in [0.25, 0.3) is 6.08 Å². The maximum Gasteiger partial charge on any atom is 0.211 e. The highest BCUT2D eigenvalue weighted by Crippen LogP contribution is 2.28. The molecule has 1 aliphatic rings. The van der Waals surface area contributed by atoms with Gasteiger partial charge in [0.1, 0.15) is 5.76 Å². The second-order valence-corrected chi connectivity index (χ2v) is 3.57. The number of fused-ring (bicyclic) bond motifs is 1. The van der Waals surface area contributed by atoms with Gasteiger partial charge < -0.3 is 9.73 Å². The van der Waals surface area contributed by atoms with Crippen molar-refractivity contribution in [2.24, 2.45) is 0 Å². The second kappa shape index (κ2) is 3.38. The van der Waals surface area contributed by atoms with E-state index in [1.165, 1.54) is 0 Å². The number of Topliss-reactive ketones (excluding diaryl/α,β-unsaturated/α-hetero) is 1. The number of hydrogen-bond acceptors (Lipinski definition) is 3. The predicted molar refractivity (Wildman–Crippen MR) is 61.1 cm³/mol. The van der Waals surface area contributed by atoms with Crippen LogP contribution in [0.4, 0.5) is 5.69 Å². The number of hydrogen-bond donors (Lipinski definition) is 1. The topological polar surface area (TPSA) is 42.2 Å². The second-order valence-electron chi connectivity index (χ2n) is 3.57. The molecule has 0 bridgehead atoms. The van der Waals surface area contributed by atoms with Gasteiger partial charge in [0.05, 0.1) is 12.0 Å². The van der Waals surface area contributed by atoms with Crippen molar-refractivity contribution in [3.63, 3.8) is 0 Å². The first kappa shape index (κ1) is 8.97. The number of furan rings is 1. The minimum atomic E-state index is 0.00648. The summed E-state index contributed by atoms with van der Waals surface area (Å²) in [7, 11) is 0. The largest absolute Gasteiger partial charge is 0.465 e. The summed E-state index contributed by atoms with van der Waals surface area (Å²) in [5, 5.41) is 3.07. The molecule has 0 spiro atoms. The fraction of sp³-hybridized carbons (Fsp3) is 0. The van der Waals surface area contributed by atoms with E-state index in [2.05, 4.69) is 5.32 Å². The van der Waals surface area contributed by atoms with Gasteiger partial charge in [-0.2, -0.15) is 0 Å². The number of anilines is 1. The lowest BCUT2D eigenvalue weighted by molar-refractivity contribution is 0.104. The number of allylic oxidation sites excluding steroid dienone is 1. The van der Waals surface area contributed by atoms with Crippen molar-refractivity contribution in [1.29, 1.82) is 0 Å². The molecule has 1 N–H and O–H groups in total. The fourth-order valence-electron chi connectivity index (χ4n) is 1.75. The first-order valence-corrected chi connectivity index (χ1v) is 5.00. The van der Waals surface area contributed by atoms with E-state index in [1.54, 1.807) is 18.4 Å². The maximum absolute atomic E-state index is 12.0. The van der Waals surface area contributed by atoms with Crippen molar-refractivity contribution in [2.75, 3.05) is 5.32 Å². The lowest BCUT2D eigenvalue weighted by Crippen LogP contribution is -1.99. The van der Waals surface area contributed by atoms with Crippen LogP contribution in [-0.2, 0) is 0 Å². The van der Waals surface area contributed by atoms with Crippen LogP contribution in [0.2, 0.25) is 0 Å². The molecule has 0 unspecified atom stereocenters. The molecule has 0 radical (unpaired) electrons. The summed E-state index contributed by atoms with van der Waals surface area (Å²) in [6.07, 6.45) is 3.29. The fourth-order valence-corrected chi connectivity index (χ4v) is 1.75. The van der Waals surface area contributed by atoms with Crippen LogP contribution in [-0.4, -0.2) is 5.78 Å². The Morgan fingerprint density at radius 1 is 1.12 bits per heavy atom. The van der Waals surface area contributed by atoms with Gasteiger partial charge in [0.2, 0.25) is 5.78 Å².